The molecule has 5 nitrogen and oxygen atoms in total. The molecule has 1 aromatic rings. The highest BCUT2D eigenvalue weighted by atomic mass is 19.4. The zero-order valence-electron chi connectivity index (χ0n) is 9.48. The van der Waals surface area contributed by atoms with Gasteiger partial charge in [-0.2, -0.15) is 0 Å². The van der Waals surface area contributed by atoms with Crippen molar-refractivity contribution in [3.8, 4) is 5.75 Å². The van der Waals surface area contributed by atoms with Crippen LogP contribution >= 0.6 is 0 Å². The highest BCUT2D eigenvalue weighted by molar-refractivity contribution is 6.22. The van der Waals surface area contributed by atoms with Gasteiger partial charge in [0.15, 0.2) is 0 Å². The third-order valence-electron chi connectivity index (χ3n) is 2.51. The van der Waals surface area contributed by atoms with Crippen molar-refractivity contribution in [3.63, 3.8) is 0 Å². The summed E-state index contributed by atoms with van der Waals surface area (Å²) in [4.78, 5) is 24.0. The Kier molecular flexibility index (Phi) is 3.19. The molecular weight excluding hydrogens is 265 g/mol. The molecule has 1 saturated heterocycles. The lowest BCUT2D eigenvalue weighted by Crippen LogP contribution is -2.35. The normalized spacial score (nSPS) is 20.0. The monoisotopic (exact) mass is 274 g/mol. The molecule has 2 rings (SSSR count). The molecule has 0 bridgehead atoms. The second-order valence-electron chi connectivity index (χ2n) is 3.92. The Balaban J connectivity index is 2.19. The summed E-state index contributed by atoms with van der Waals surface area (Å²) in [5.41, 5.74) is 5.59. The number of amides is 2. The average molecular weight is 274 g/mol. The first-order valence-corrected chi connectivity index (χ1v) is 5.26. The van der Waals surface area contributed by atoms with Crippen molar-refractivity contribution < 1.29 is 27.5 Å². The minimum atomic E-state index is -4.79. The lowest BCUT2D eigenvalue weighted by molar-refractivity contribution is -0.274. The summed E-state index contributed by atoms with van der Waals surface area (Å²) in [6.45, 7) is 0. The number of carbonyl (C=O) groups excluding carboxylic acids is 2. The molecule has 1 aromatic carbocycles. The molecule has 2 amide bonds. The van der Waals surface area contributed by atoms with Crippen molar-refractivity contribution >= 4 is 17.5 Å². The van der Waals surface area contributed by atoms with Crippen LogP contribution in [-0.2, 0) is 9.59 Å². The first-order chi connectivity index (χ1) is 8.78. The van der Waals surface area contributed by atoms with E-state index in [4.69, 9.17) is 5.73 Å². The van der Waals surface area contributed by atoms with Crippen LogP contribution in [0.4, 0.5) is 18.9 Å². The topological polar surface area (TPSA) is 72.6 Å². The third-order valence-corrected chi connectivity index (χ3v) is 2.51. The smallest absolute Gasteiger partial charge is 0.406 e. The Morgan fingerprint density at radius 3 is 2.21 bits per heavy atom. The number of hydrogen-bond donors (Lipinski definition) is 1. The number of carbonyl (C=O) groups is 2. The number of benzene rings is 1. The Morgan fingerprint density at radius 1 is 1.21 bits per heavy atom. The number of halogens is 3. The van der Waals surface area contributed by atoms with Crippen LogP contribution in [0.15, 0.2) is 24.3 Å². The second kappa shape index (κ2) is 4.54. The molecule has 0 spiro atoms. The molecule has 2 N–H and O–H groups in total. The van der Waals surface area contributed by atoms with E-state index in [1.54, 1.807) is 0 Å². The van der Waals surface area contributed by atoms with E-state index in [1.807, 2.05) is 0 Å². The number of imide groups is 1. The van der Waals surface area contributed by atoms with Crippen LogP contribution < -0.4 is 15.4 Å². The Bertz CT molecular complexity index is 513. The SMILES string of the molecule is N[C@H]1CC(=O)N(c2ccc(OC(F)(F)F)cc2)C1=O. The zero-order chi connectivity index (χ0) is 14.2. The van der Waals surface area contributed by atoms with Gasteiger partial charge in [-0.3, -0.25) is 9.59 Å². The molecule has 0 aromatic heterocycles. The molecule has 1 aliphatic heterocycles. The molecule has 0 saturated carbocycles. The van der Waals surface area contributed by atoms with E-state index < -0.39 is 30.0 Å². The summed E-state index contributed by atoms with van der Waals surface area (Å²) < 4.78 is 39.6. The van der Waals surface area contributed by atoms with E-state index in [9.17, 15) is 22.8 Å². The summed E-state index contributed by atoms with van der Waals surface area (Å²) in [5, 5.41) is 0. The zero-order valence-corrected chi connectivity index (χ0v) is 9.48. The lowest BCUT2D eigenvalue weighted by atomic mass is 10.2. The average Bonchev–Trinajstić information content (AvgIpc) is 2.53. The maximum atomic E-state index is 12.0. The van der Waals surface area contributed by atoms with Crippen molar-refractivity contribution in [1.82, 2.24) is 0 Å². The Hall–Kier alpha value is -2.09. The molecule has 8 heteroatoms. The van der Waals surface area contributed by atoms with E-state index >= 15 is 0 Å². The van der Waals surface area contributed by atoms with Crippen LogP contribution in [0.3, 0.4) is 0 Å². The third kappa shape index (κ3) is 2.84. The van der Waals surface area contributed by atoms with Gasteiger partial charge in [0.25, 0.3) is 5.91 Å². The van der Waals surface area contributed by atoms with Crippen LogP contribution in [0.25, 0.3) is 0 Å². The fraction of sp³-hybridized carbons (Fsp3) is 0.273. The molecule has 0 aliphatic carbocycles. The number of rotatable bonds is 2. The van der Waals surface area contributed by atoms with Gasteiger partial charge in [0.2, 0.25) is 5.91 Å². The van der Waals surface area contributed by atoms with E-state index in [1.165, 1.54) is 12.1 Å². The van der Waals surface area contributed by atoms with Crippen LogP contribution in [-0.4, -0.2) is 24.2 Å². The molecule has 0 radical (unpaired) electrons. The maximum absolute atomic E-state index is 12.0. The number of nitrogens with zero attached hydrogens (tertiary/aromatic N) is 1. The maximum Gasteiger partial charge on any atom is 0.573 e. The molecule has 1 fully saturated rings. The van der Waals surface area contributed by atoms with Gasteiger partial charge in [-0.05, 0) is 24.3 Å². The molecule has 102 valence electrons. The van der Waals surface area contributed by atoms with Gasteiger partial charge in [-0.1, -0.05) is 0 Å². The summed E-state index contributed by atoms with van der Waals surface area (Å²) in [7, 11) is 0. The highest BCUT2D eigenvalue weighted by Crippen LogP contribution is 2.27. The molecule has 1 heterocycles. The van der Waals surface area contributed by atoms with Gasteiger partial charge in [0, 0.05) is 0 Å². The van der Waals surface area contributed by atoms with Gasteiger partial charge < -0.3 is 10.5 Å². The fourth-order valence-electron chi connectivity index (χ4n) is 1.72. The lowest BCUT2D eigenvalue weighted by Gasteiger charge is -2.15. The van der Waals surface area contributed by atoms with Gasteiger partial charge in [-0.25, -0.2) is 4.90 Å². The summed E-state index contributed by atoms with van der Waals surface area (Å²) >= 11 is 0. The summed E-state index contributed by atoms with van der Waals surface area (Å²) in [6.07, 6.45) is -4.90. The number of hydrogen-bond acceptors (Lipinski definition) is 4. The Morgan fingerprint density at radius 2 is 1.79 bits per heavy atom. The second-order valence-corrected chi connectivity index (χ2v) is 3.92. The standard InChI is InChI=1S/C11H9F3N2O3/c12-11(13,14)19-7-3-1-6(2-4-7)16-9(17)5-8(15)10(16)18/h1-4,8H,5,15H2/t8-/m0/s1. The van der Waals surface area contributed by atoms with Gasteiger partial charge in [0.1, 0.15) is 5.75 Å². The first kappa shape index (κ1) is 13.3. The number of alkyl halides is 3. The molecule has 19 heavy (non-hydrogen) atoms. The highest BCUT2D eigenvalue weighted by Gasteiger charge is 2.37. The summed E-state index contributed by atoms with van der Waals surface area (Å²) in [5.74, 6) is -1.49. The fourth-order valence-corrected chi connectivity index (χ4v) is 1.72. The van der Waals surface area contributed by atoms with Crippen LogP contribution in [0.1, 0.15) is 6.42 Å². The Labute approximate surface area is 105 Å². The number of anilines is 1. The molecule has 1 atom stereocenters. The number of ether oxygens (including phenoxy) is 1. The van der Waals surface area contributed by atoms with Gasteiger partial charge >= 0.3 is 6.36 Å². The molecule has 1 aliphatic rings. The van der Waals surface area contributed by atoms with Crippen molar-refractivity contribution in [2.24, 2.45) is 5.73 Å². The molecule has 0 unspecified atom stereocenters. The van der Waals surface area contributed by atoms with Gasteiger partial charge in [0.05, 0.1) is 18.2 Å². The van der Waals surface area contributed by atoms with E-state index in [2.05, 4.69) is 4.74 Å². The van der Waals surface area contributed by atoms with E-state index in [0.717, 1.165) is 17.0 Å². The van der Waals surface area contributed by atoms with Crippen LogP contribution in [0.2, 0.25) is 0 Å². The van der Waals surface area contributed by atoms with Crippen molar-refractivity contribution in [2.75, 3.05) is 4.90 Å². The van der Waals surface area contributed by atoms with Crippen molar-refractivity contribution in [1.29, 1.82) is 0 Å². The largest absolute Gasteiger partial charge is 0.573 e. The predicted molar refractivity (Wildman–Crippen MR) is 58.2 cm³/mol. The minimum Gasteiger partial charge on any atom is -0.406 e. The first-order valence-electron chi connectivity index (χ1n) is 5.26. The quantitative estimate of drug-likeness (QED) is 0.822. The van der Waals surface area contributed by atoms with E-state index in [0.29, 0.717) is 0 Å². The predicted octanol–water partition coefficient (Wildman–Crippen LogP) is 1.18. The minimum absolute atomic E-state index is 0.111. The van der Waals surface area contributed by atoms with Crippen LogP contribution in [0, 0.1) is 0 Å². The van der Waals surface area contributed by atoms with E-state index in [-0.39, 0.29) is 12.1 Å². The van der Waals surface area contributed by atoms with Crippen molar-refractivity contribution in [3.05, 3.63) is 24.3 Å². The van der Waals surface area contributed by atoms with Gasteiger partial charge in [-0.15, -0.1) is 13.2 Å². The molecular formula is C11H9F3N2O3. The van der Waals surface area contributed by atoms with Crippen molar-refractivity contribution in [2.45, 2.75) is 18.8 Å². The summed E-state index contributed by atoms with van der Waals surface area (Å²) in [6, 6.07) is 3.52. The van der Waals surface area contributed by atoms with Crippen LogP contribution in [0.5, 0.6) is 5.75 Å². The number of nitrogens with two attached hydrogens (primary N) is 1.